The van der Waals surface area contributed by atoms with Gasteiger partial charge in [0, 0.05) is 19.4 Å². The molecule has 4 rings (SSSR count). The first-order valence-corrected chi connectivity index (χ1v) is 19.7. The van der Waals surface area contributed by atoms with Gasteiger partial charge in [-0.25, -0.2) is 4.79 Å². The Kier molecular flexibility index (Phi) is 17.4. The van der Waals surface area contributed by atoms with Gasteiger partial charge in [0.1, 0.15) is 41.7 Å². The van der Waals surface area contributed by atoms with E-state index in [0.717, 1.165) is 0 Å². The van der Waals surface area contributed by atoms with Gasteiger partial charge in [-0.05, 0) is 86.0 Å². The monoisotopic (exact) mass is 830 g/mol. The number of phenols is 2. The Balaban J connectivity index is 1.52. The van der Waals surface area contributed by atoms with Crippen LogP contribution >= 0.6 is 0 Å². The van der Waals surface area contributed by atoms with Gasteiger partial charge in [0.15, 0.2) is 0 Å². The van der Waals surface area contributed by atoms with E-state index in [4.69, 9.17) is 17.2 Å². The molecule has 18 heteroatoms. The van der Waals surface area contributed by atoms with Crippen molar-refractivity contribution in [2.45, 2.75) is 94.0 Å². The third kappa shape index (κ3) is 14.1. The van der Waals surface area contributed by atoms with E-state index in [0.29, 0.717) is 36.0 Å². The lowest BCUT2D eigenvalue weighted by Crippen LogP contribution is -2.60. The molecule has 60 heavy (non-hydrogen) atoms. The maximum Gasteiger partial charge on any atom is 0.326 e. The van der Waals surface area contributed by atoms with Crippen molar-refractivity contribution in [2.75, 3.05) is 13.1 Å². The zero-order valence-corrected chi connectivity index (χ0v) is 33.1. The second kappa shape index (κ2) is 22.6. The molecule has 0 saturated carbocycles. The second-order valence-corrected chi connectivity index (χ2v) is 14.8. The SMILES string of the molecule is NCCCC[C@H](NC(=O)[C@H](CC(N)=O)NC(=O)[C@@H](N)Cc1ccc(O)cc1)C(=O)N[C@@H](Cc1ccccc1)C(=O)N1CCC[C@H]1C(=O)N[C@@H](Cc1ccc(O)cc1)C(=O)O. The van der Waals surface area contributed by atoms with E-state index in [1.807, 2.05) is 0 Å². The molecule has 1 fully saturated rings. The van der Waals surface area contributed by atoms with Crippen molar-refractivity contribution in [3.8, 4) is 11.5 Å². The molecule has 1 aliphatic rings. The Morgan fingerprint density at radius 1 is 0.667 bits per heavy atom. The molecular formula is C42H54N8O10. The highest BCUT2D eigenvalue weighted by Crippen LogP contribution is 2.21. The number of phenolic OH excluding ortho intramolecular Hbond substituents is 2. The lowest BCUT2D eigenvalue weighted by atomic mass is 10.0. The number of rotatable bonds is 22. The molecular weight excluding hydrogens is 777 g/mol. The number of unbranched alkanes of at least 4 members (excludes halogenated alkanes) is 1. The van der Waals surface area contributed by atoms with E-state index in [1.54, 1.807) is 42.5 Å². The van der Waals surface area contributed by atoms with Gasteiger partial charge in [-0.1, -0.05) is 54.6 Å². The van der Waals surface area contributed by atoms with Crippen molar-refractivity contribution in [1.82, 2.24) is 26.2 Å². The zero-order chi connectivity index (χ0) is 43.8. The van der Waals surface area contributed by atoms with E-state index >= 15 is 0 Å². The number of benzene rings is 3. The number of aliphatic carboxylic acids is 1. The number of nitrogens with zero attached hydrogens (tertiary/aromatic N) is 1. The number of carboxylic acids is 1. The third-order valence-corrected chi connectivity index (χ3v) is 10.1. The van der Waals surface area contributed by atoms with Crippen LogP contribution in [-0.4, -0.2) is 111 Å². The highest BCUT2D eigenvalue weighted by Gasteiger charge is 2.40. The Morgan fingerprint density at radius 2 is 1.20 bits per heavy atom. The molecule has 3 aromatic rings. The summed E-state index contributed by atoms with van der Waals surface area (Å²) >= 11 is 0. The quantitative estimate of drug-likeness (QED) is 0.0572. The standard InChI is InChI=1S/C42H54N8O10/c43-19-5-4-9-31(46-39(56)32(24-36(45)53)47-37(54)30(44)21-26-11-15-28(51)16-12-26)38(55)48-33(22-25-7-2-1-3-8-25)41(58)50-20-6-10-35(50)40(57)49-34(42(59)60)23-27-13-17-29(52)18-14-27/h1-3,7-8,11-18,30-35,51-52H,4-6,9-10,19-24,43-44H2,(H2,45,53)(H,46,56)(H,47,54)(H,48,55)(H,49,57)(H,59,60)/t30-,31-,32-,33-,34-,35-/m0/s1. The first kappa shape index (κ1) is 46.2. The molecule has 13 N–H and O–H groups in total. The summed E-state index contributed by atoms with van der Waals surface area (Å²) in [5, 5.41) is 39.4. The number of amides is 6. The lowest BCUT2D eigenvalue weighted by molar-refractivity contribution is -0.145. The number of nitrogens with two attached hydrogens (primary N) is 3. The third-order valence-electron chi connectivity index (χ3n) is 10.1. The number of primary amides is 1. The van der Waals surface area contributed by atoms with Crippen molar-refractivity contribution in [3.05, 3.63) is 95.6 Å². The summed E-state index contributed by atoms with van der Waals surface area (Å²) in [6.07, 6.45) is 0.912. The van der Waals surface area contributed by atoms with Gasteiger partial charge in [-0.2, -0.15) is 0 Å². The molecule has 6 atom stereocenters. The summed E-state index contributed by atoms with van der Waals surface area (Å²) in [5.41, 5.74) is 19.1. The zero-order valence-electron chi connectivity index (χ0n) is 33.1. The maximum absolute atomic E-state index is 14.4. The molecule has 0 bridgehead atoms. The van der Waals surface area contributed by atoms with Crippen LogP contribution in [0.4, 0.5) is 0 Å². The average Bonchev–Trinajstić information content (AvgIpc) is 3.71. The minimum absolute atomic E-state index is 0.00238. The predicted octanol–water partition coefficient (Wildman–Crippen LogP) is -0.528. The molecule has 0 aromatic heterocycles. The van der Waals surface area contributed by atoms with Crippen LogP contribution in [0.25, 0.3) is 0 Å². The van der Waals surface area contributed by atoms with Gasteiger partial charge in [0.2, 0.25) is 35.4 Å². The summed E-state index contributed by atoms with van der Waals surface area (Å²) in [4.78, 5) is 94.4. The number of hydrogen-bond acceptors (Lipinski definition) is 11. The fourth-order valence-corrected chi connectivity index (χ4v) is 6.86. The lowest BCUT2D eigenvalue weighted by Gasteiger charge is -2.31. The molecule has 6 amide bonds. The number of carboxylic acid groups (broad SMARTS) is 1. The Morgan fingerprint density at radius 3 is 1.78 bits per heavy atom. The summed E-state index contributed by atoms with van der Waals surface area (Å²) in [6.45, 7) is 0.431. The van der Waals surface area contributed by atoms with Crippen LogP contribution in [0.5, 0.6) is 11.5 Å². The largest absolute Gasteiger partial charge is 0.508 e. The van der Waals surface area contributed by atoms with Crippen molar-refractivity contribution in [3.63, 3.8) is 0 Å². The van der Waals surface area contributed by atoms with Gasteiger partial charge in [-0.3, -0.25) is 28.8 Å². The molecule has 322 valence electrons. The predicted molar refractivity (Wildman–Crippen MR) is 219 cm³/mol. The Hall–Kier alpha value is -6.53. The Bertz CT molecular complexity index is 1950. The molecule has 0 unspecified atom stereocenters. The first-order valence-electron chi connectivity index (χ1n) is 19.7. The minimum Gasteiger partial charge on any atom is -0.508 e. The highest BCUT2D eigenvalue weighted by molar-refractivity contribution is 5.97. The van der Waals surface area contributed by atoms with Gasteiger partial charge in [-0.15, -0.1) is 0 Å². The highest BCUT2D eigenvalue weighted by atomic mass is 16.4. The Labute approximate surface area is 347 Å². The van der Waals surface area contributed by atoms with Crippen molar-refractivity contribution in [2.24, 2.45) is 17.2 Å². The number of aromatic hydroxyl groups is 2. The van der Waals surface area contributed by atoms with Crippen LogP contribution in [0.2, 0.25) is 0 Å². The van der Waals surface area contributed by atoms with E-state index in [2.05, 4.69) is 21.3 Å². The van der Waals surface area contributed by atoms with Gasteiger partial charge >= 0.3 is 5.97 Å². The number of hydrogen-bond donors (Lipinski definition) is 10. The maximum atomic E-state index is 14.4. The van der Waals surface area contributed by atoms with Crippen LogP contribution in [0.15, 0.2) is 78.9 Å². The van der Waals surface area contributed by atoms with E-state index in [1.165, 1.54) is 41.3 Å². The molecule has 0 spiro atoms. The van der Waals surface area contributed by atoms with Crippen molar-refractivity contribution < 1.29 is 48.9 Å². The molecule has 1 aliphatic heterocycles. The summed E-state index contributed by atoms with van der Waals surface area (Å²) in [5.74, 6) is -5.93. The number of likely N-dealkylation sites (tertiary alicyclic amines) is 1. The van der Waals surface area contributed by atoms with Crippen LogP contribution in [0.3, 0.4) is 0 Å². The summed E-state index contributed by atoms with van der Waals surface area (Å²) in [6, 6.07) is 13.1. The number of nitrogens with one attached hydrogen (secondary N) is 4. The fourth-order valence-electron chi connectivity index (χ4n) is 6.86. The molecule has 18 nitrogen and oxygen atoms in total. The normalized spacial score (nSPS) is 16.0. The first-order chi connectivity index (χ1) is 28.6. The van der Waals surface area contributed by atoms with Gasteiger partial charge < -0.3 is 58.7 Å². The van der Waals surface area contributed by atoms with Crippen molar-refractivity contribution >= 4 is 41.4 Å². The fraction of sp³-hybridized carbons (Fsp3) is 0.405. The van der Waals surface area contributed by atoms with Gasteiger partial charge in [0.05, 0.1) is 12.5 Å². The summed E-state index contributed by atoms with van der Waals surface area (Å²) < 4.78 is 0. The molecule has 0 radical (unpaired) electrons. The average molecular weight is 831 g/mol. The van der Waals surface area contributed by atoms with Crippen LogP contribution in [-0.2, 0) is 52.8 Å². The topological polar surface area (TPSA) is 310 Å². The molecule has 1 heterocycles. The molecule has 0 aliphatic carbocycles. The second-order valence-electron chi connectivity index (χ2n) is 14.8. The minimum atomic E-state index is -1.51. The van der Waals surface area contributed by atoms with Crippen LogP contribution < -0.4 is 38.5 Å². The van der Waals surface area contributed by atoms with Crippen molar-refractivity contribution in [1.29, 1.82) is 0 Å². The smallest absolute Gasteiger partial charge is 0.326 e. The van der Waals surface area contributed by atoms with E-state index < -0.39 is 84.1 Å². The molecule has 1 saturated heterocycles. The van der Waals surface area contributed by atoms with Crippen LogP contribution in [0, 0.1) is 0 Å². The van der Waals surface area contributed by atoms with Crippen LogP contribution in [0.1, 0.15) is 55.2 Å². The molecule has 3 aromatic carbocycles. The number of carbonyl (C=O) groups excluding carboxylic acids is 6. The number of carbonyl (C=O) groups is 7. The van der Waals surface area contributed by atoms with E-state index in [-0.39, 0.29) is 56.7 Å². The van der Waals surface area contributed by atoms with Gasteiger partial charge in [0.25, 0.3) is 0 Å². The van der Waals surface area contributed by atoms with E-state index in [9.17, 15) is 48.9 Å². The summed E-state index contributed by atoms with van der Waals surface area (Å²) in [7, 11) is 0.